The van der Waals surface area contributed by atoms with Gasteiger partial charge in [-0.05, 0) is 17.7 Å². The summed E-state index contributed by atoms with van der Waals surface area (Å²) in [6.07, 6.45) is 3.48. The topological polar surface area (TPSA) is 29.5 Å². The van der Waals surface area contributed by atoms with Crippen molar-refractivity contribution in [2.75, 3.05) is 18.6 Å². The lowest BCUT2D eigenvalue weighted by atomic mass is 9.83. The Kier molecular flexibility index (Phi) is 1.49. The quantitative estimate of drug-likeness (QED) is 0.635. The van der Waals surface area contributed by atoms with Crippen molar-refractivity contribution in [3.05, 3.63) is 42.2 Å². The van der Waals surface area contributed by atoms with Gasteiger partial charge in [-0.2, -0.15) is 0 Å². The number of nitrogens with zero attached hydrogens (tertiary/aromatic N) is 1. The molecule has 3 nitrogen and oxygen atoms in total. The van der Waals surface area contributed by atoms with Crippen molar-refractivity contribution in [1.82, 2.24) is 0 Å². The summed E-state index contributed by atoms with van der Waals surface area (Å²) in [6, 6.07) is 7.87. The predicted molar refractivity (Wildman–Crippen MR) is 56.6 cm³/mol. The zero-order chi connectivity index (χ0) is 10.5. The van der Waals surface area contributed by atoms with Crippen LogP contribution in [-0.2, 0) is 14.9 Å². The monoisotopic (exact) mass is 201 g/mol. The minimum absolute atomic E-state index is 0.0949. The molecule has 1 atom stereocenters. The van der Waals surface area contributed by atoms with Gasteiger partial charge in [-0.25, -0.2) is 0 Å². The fourth-order valence-electron chi connectivity index (χ4n) is 2.36. The summed E-state index contributed by atoms with van der Waals surface area (Å²) in [7, 11) is 1.81. The average molecular weight is 201 g/mol. The second-order valence-corrected chi connectivity index (χ2v) is 3.97. The molecule has 2 aliphatic heterocycles. The Balaban J connectivity index is 2.27. The molecular formula is C12H11NO2. The largest absolute Gasteiger partial charge is 0.500 e. The number of carbonyl (C=O) groups excluding carboxylic acids is 1. The number of anilines is 1. The molecule has 3 heteroatoms. The van der Waals surface area contributed by atoms with Crippen molar-refractivity contribution >= 4 is 11.6 Å². The Morgan fingerprint density at radius 1 is 1.40 bits per heavy atom. The highest BCUT2D eigenvalue weighted by Gasteiger charge is 2.50. The molecule has 1 amide bonds. The molecule has 0 fully saturated rings. The van der Waals surface area contributed by atoms with E-state index in [0.717, 1.165) is 11.3 Å². The lowest BCUT2D eigenvalue weighted by Crippen LogP contribution is -2.38. The van der Waals surface area contributed by atoms with E-state index in [1.54, 1.807) is 11.2 Å². The molecule has 1 aromatic carbocycles. The summed E-state index contributed by atoms with van der Waals surface area (Å²) in [4.78, 5) is 13.9. The summed E-state index contributed by atoms with van der Waals surface area (Å²) < 4.78 is 5.23. The van der Waals surface area contributed by atoms with Crippen molar-refractivity contribution in [1.29, 1.82) is 0 Å². The lowest BCUT2D eigenvalue weighted by Gasteiger charge is -2.17. The molecule has 2 heterocycles. The Morgan fingerprint density at radius 3 is 2.93 bits per heavy atom. The molecule has 0 aromatic heterocycles. The molecule has 0 aliphatic carbocycles. The van der Waals surface area contributed by atoms with Crippen LogP contribution in [0.5, 0.6) is 0 Å². The fraction of sp³-hybridized carbons (Fsp3) is 0.250. The van der Waals surface area contributed by atoms with E-state index in [9.17, 15) is 4.79 Å². The van der Waals surface area contributed by atoms with Crippen molar-refractivity contribution in [2.24, 2.45) is 0 Å². The van der Waals surface area contributed by atoms with Gasteiger partial charge in [0, 0.05) is 12.7 Å². The molecule has 1 aromatic rings. The van der Waals surface area contributed by atoms with Crippen LogP contribution in [0, 0.1) is 0 Å². The summed E-state index contributed by atoms with van der Waals surface area (Å²) in [6.45, 7) is 0.424. The molecule has 0 radical (unpaired) electrons. The molecule has 0 bridgehead atoms. The summed E-state index contributed by atoms with van der Waals surface area (Å²) in [5.41, 5.74) is 1.47. The first-order valence-electron chi connectivity index (χ1n) is 4.93. The number of ether oxygens (including phenoxy) is 1. The van der Waals surface area contributed by atoms with Crippen LogP contribution < -0.4 is 4.90 Å². The maximum Gasteiger partial charge on any atom is 0.244 e. The summed E-state index contributed by atoms with van der Waals surface area (Å²) >= 11 is 0. The molecule has 2 aliphatic rings. The molecule has 1 unspecified atom stereocenters. The normalized spacial score (nSPS) is 27.3. The van der Waals surface area contributed by atoms with Gasteiger partial charge in [0.05, 0.1) is 6.26 Å². The smallest absolute Gasteiger partial charge is 0.244 e. The minimum atomic E-state index is -0.564. The number of carbonyl (C=O) groups is 1. The lowest BCUT2D eigenvalue weighted by molar-refractivity contribution is -0.121. The predicted octanol–water partition coefficient (Wildman–Crippen LogP) is 1.44. The highest BCUT2D eigenvalue weighted by Crippen LogP contribution is 2.44. The van der Waals surface area contributed by atoms with Crippen LogP contribution in [0.2, 0.25) is 0 Å². The van der Waals surface area contributed by atoms with Crippen LogP contribution in [0.4, 0.5) is 5.69 Å². The van der Waals surface area contributed by atoms with Gasteiger partial charge in [0.1, 0.15) is 12.0 Å². The number of hydrogen-bond acceptors (Lipinski definition) is 2. The zero-order valence-corrected chi connectivity index (χ0v) is 8.43. The van der Waals surface area contributed by atoms with Crippen molar-refractivity contribution < 1.29 is 9.53 Å². The number of fused-ring (bicyclic) bond motifs is 2. The van der Waals surface area contributed by atoms with Crippen LogP contribution >= 0.6 is 0 Å². The Morgan fingerprint density at radius 2 is 2.20 bits per heavy atom. The highest BCUT2D eigenvalue weighted by atomic mass is 16.5. The third-order valence-electron chi connectivity index (χ3n) is 3.19. The summed E-state index contributed by atoms with van der Waals surface area (Å²) in [5.74, 6) is 0.0949. The van der Waals surface area contributed by atoms with Crippen LogP contribution in [0.3, 0.4) is 0 Å². The van der Waals surface area contributed by atoms with Gasteiger partial charge in [-0.1, -0.05) is 18.2 Å². The first-order chi connectivity index (χ1) is 7.26. The van der Waals surface area contributed by atoms with Crippen molar-refractivity contribution in [2.45, 2.75) is 5.41 Å². The second-order valence-electron chi connectivity index (χ2n) is 3.97. The average Bonchev–Trinajstić information content (AvgIpc) is 2.83. The number of rotatable bonds is 0. The van der Waals surface area contributed by atoms with E-state index in [-0.39, 0.29) is 5.91 Å². The zero-order valence-electron chi connectivity index (χ0n) is 8.43. The Labute approximate surface area is 88.0 Å². The van der Waals surface area contributed by atoms with E-state index < -0.39 is 5.41 Å². The molecule has 0 N–H and O–H groups in total. The standard InChI is InChI=1S/C12H11NO2/c1-13-10-5-3-2-4-9(10)12(11(13)14)6-7-15-8-12/h2-7H,8H2,1H3. The number of para-hydroxylation sites is 1. The SMILES string of the molecule is CN1C(=O)C2(C=COC2)c2ccccc21. The van der Waals surface area contributed by atoms with E-state index >= 15 is 0 Å². The van der Waals surface area contributed by atoms with E-state index in [0.29, 0.717) is 6.61 Å². The van der Waals surface area contributed by atoms with Gasteiger partial charge in [0.15, 0.2) is 0 Å². The van der Waals surface area contributed by atoms with Crippen molar-refractivity contribution in [3.8, 4) is 0 Å². The van der Waals surface area contributed by atoms with E-state index in [2.05, 4.69) is 0 Å². The number of likely N-dealkylation sites (N-methyl/N-ethyl adjacent to an activating group) is 1. The van der Waals surface area contributed by atoms with Crippen molar-refractivity contribution in [3.63, 3.8) is 0 Å². The molecular weight excluding hydrogens is 190 g/mol. The second kappa shape index (κ2) is 2.63. The third kappa shape index (κ3) is 0.876. The molecule has 76 valence electrons. The van der Waals surface area contributed by atoms with Gasteiger partial charge in [-0.3, -0.25) is 4.79 Å². The van der Waals surface area contributed by atoms with Crippen LogP contribution in [-0.4, -0.2) is 19.6 Å². The van der Waals surface area contributed by atoms with Gasteiger partial charge in [-0.15, -0.1) is 0 Å². The Bertz CT molecular complexity index is 466. The summed E-state index contributed by atoms with van der Waals surface area (Å²) in [5, 5.41) is 0. The number of benzene rings is 1. The minimum Gasteiger partial charge on any atom is -0.500 e. The third-order valence-corrected chi connectivity index (χ3v) is 3.19. The van der Waals surface area contributed by atoms with E-state index in [4.69, 9.17) is 4.74 Å². The Hall–Kier alpha value is -1.77. The van der Waals surface area contributed by atoms with Gasteiger partial charge in [0.25, 0.3) is 0 Å². The maximum absolute atomic E-state index is 12.2. The van der Waals surface area contributed by atoms with Gasteiger partial charge < -0.3 is 9.64 Å². The van der Waals surface area contributed by atoms with E-state index in [1.807, 2.05) is 37.4 Å². The highest BCUT2D eigenvalue weighted by molar-refractivity contribution is 6.09. The first kappa shape index (κ1) is 8.53. The van der Waals surface area contributed by atoms with Crippen LogP contribution in [0.25, 0.3) is 0 Å². The number of hydrogen-bond donors (Lipinski definition) is 0. The molecule has 15 heavy (non-hydrogen) atoms. The molecule has 1 spiro atoms. The molecule has 0 saturated heterocycles. The fourth-order valence-corrected chi connectivity index (χ4v) is 2.36. The maximum atomic E-state index is 12.2. The van der Waals surface area contributed by atoms with Crippen LogP contribution in [0.15, 0.2) is 36.6 Å². The van der Waals surface area contributed by atoms with E-state index in [1.165, 1.54) is 0 Å². The number of amides is 1. The first-order valence-corrected chi connectivity index (χ1v) is 4.93. The van der Waals surface area contributed by atoms with Crippen LogP contribution in [0.1, 0.15) is 5.56 Å². The van der Waals surface area contributed by atoms with Gasteiger partial charge >= 0.3 is 0 Å². The molecule has 0 saturated carbocycles. The molecule has 3 rings (SSSR count). The van der Waals surface area contributed by atoms with Gasteiger partial charge in [0.2, 0.25) is 5.91 Å².